The van der Waals surface area contributed by atoms with Gasteiger partial charge in [0.05, 0.1) is 5.92 Å². The summed E-state index contributed by atoms with van der Waals surface area (Å²) in [7, 11) is 0. The molecular weight excluding hydrogens is 170 g/mol. The first-order chi connectivity index (χ1) is 6.29. The summed E-state index contributed by atoms with van der Waals surface area (Å²) in [4.78, 5) is 15.1. The molecular formula is C8H11N3O2. The van der Waals surface area contributed by atoms with E-state index in [9.17, 15) is 4.79 Å². The summed E-state index contributed by atoms with van der Waals surface area (Å²) in [5, 5.41) is 6.51. The van der Waals surface area contributed by atoms with E-state index in [-0.39, 0.29) is 11.8 Å². The van der Waals surface area contributed by atoms with Gasteiger partial charge in [-0.15, -0.1) is 0 Å². The van der Waals surface area contributed by atoms with Gasteiger partial charge in [0.25, 0.3) is 0 Å². The van der Waals surface area contributed by atoms with E-state index < -0.39 is 0 Å². The second-order valence-corrected chi connectivity index (χ2v) is 3.11. The highest BCUT2D eigenvalue weighted by atomic mass is 16.5. The number of hydrogen-bond donors (Lipinski definition) is 1. The van der Waals surface area contributed by atoms with E-state index in [1.807, 2.05) is 6.92 Å². The molecule has 1 aliphatic heterocycles. The number of rotatable bonds is 2. The Morgan fingerprint density at radius 2 is 2.54 bits per heavy atom. The molecule has 1 saturated heterocycles. The third-order valence-corrected chi connectivity index (χ3v) is 2.13. The van der Waals surface area contributed by atoms with Crippen molar-refractivity contribution in [3.63, 3.8) is 0 Å². The molecule has 0 aliphatic carbocycles. The molecule has 1 fully saturated rings. The van der Waals surface area contributed by atoms with Crippen LogP contribution in [-0.4, -0.2) is 22.6 Å². The summed E-state index contributed by atoms with van der Waals surface area (Å²) < 4.78 is 5.03. The minimum absolute atomic E-state index is 0.0567. The van der Waals surface area contributed by atoms with Gasteiger partial charge in [-0.25, -0.2) is 0 Å². The second kappa shape index (κ2) is 3.16. The van der Waals surface area contributed by atoms with Crippen LogP contribution >= 0.6 is 0 Å². The molecule has 1 amide bonds. The Kier molecular flexibility index (Phi) is 2.00. The highest BCUT2D eigenvalue weighted by Crippen LogP contribution is 2.20. The Hall–Kier alpha value is -1.39. The Bertz CT molecular complexity index is 321. The lowest BCUT2D eigenvalue weighted by atomic mass is 10.1. The monoisotopic (exact) mass is 181 g/mol. The Morgan fingerprint density at radius 1 is 1.69 bits per heavy atom. The Morgan fingerprint density at radius 3 is 3.08 bits per heavy atom. The molecule has 1 atom stereocenters. The number of aromatic nitrogens is 2. The van der Waals surface area contributed by atoms with Crippen LogP contribution in [0.4, 0.5) is 0 Å². The van der Waals surface area contributed by atoms with Crippen LogP contribution in [-0.2, 0) is 11.2 Å². The fourth-order valence-corrected chi connectivity index (χ4v) is 1.36. The van der Waals surface area contributed by atoms with E-state index >= 15 is 0 Å². The molecule has 0 saturated carbocycles. The molecule has 0 bridgehead atoms. The van der Waals surface area contributed by atoms with Gasteiger partial charge in [-0.1, -0.05) is 12.1 Å². The number of carbonyl (C=O) groups is 1. The molecule has 5 heteroatoms. The molecule has 0 spiro atoms. The number of carbonyl (C=O) groups excluding carboxylic acids is 1. The minimum Gasteiger partial charge on any atom is -0.355 e. The first-order valence-corrected chi connectivity index (χ1v) is 4.38. The van der Waals surface area contributed by atoms with Gasteiger partial charge in [0, 0.05) is 19.4 Å². The maximum Gasteiger partial charge on any atom is 0.232 e. The van der Waals surface area contributed by atoms with Gasteiger partial charge in [0.1, 0.15) is 0 Å². The third-order valence-electron chi connectivity index (χ3n) is 2.13. The normalized spacial score (nSPS) is 21.9. The second-order valence-electron chi connectivity index (χ2n) is 3.11. The van der Waals surface area contributed by atoms with Crippen LogP contribution in [0.5, 0.6) is 0 Å². The first kappa shape index (κ1) is 8.22. The average molecular weight is 181 g/mol. The highest BCUT2D eigenvalue weighted by molar-refractivity contribution is 5.79. The number of nitrogens with zero attached hydrogens (tertiary/aromatic N) is 2. The lowest BCUT2D eigenvalue weighted by molar-refractivity contribution is -0.119. The van der Waals surface area contributed by atoms with Crippen LogP contribution in [0.25, 0.3) is 0 Å². The smallest absolute Gasteiger partial charge is 0.232 e. The van der Waals surface area contributed by atoms with E-state index in [1.165, 1.54) is 0 Å². The largest absolute Gasteiger partial charge is 0.355 e. The lowest BCUT2D eigenvalue weighted by Gasteiger charge is -1.96. The molecule has 1 N–H and O–H groups in total. The molecule has 70 valence electrons. The van der Waals surface area contributed by atoms with Gasteiger partial charge in [-0.2, -0.15) is 4.98 Å². The van der Waals surface area contributed by atoms with Crippen LogP contribution in [0.1, 0.15) is 31.0 Å². The minimum atomic E-state index is 0.0567. The Labute approximate surface area is 75.5 Å². The molecule has 0 unspecified atom stereocenters. The predicted molar refractivity (Wildman–Crippen MR) is 44.0 cm³/mol. The summed E-state index contributed by atoms with van der Waals surface area (Å²) in [5.74, 6) is 1.41. The van der Waals surface area contributed by atoms with Crippen molar-refractivity contribution in [2.45, 2.75) is 25.7 Å². The van der Waals surface area contributed by atoms with Gasteiger partial charge in [-0.05, 0) is 0 Å². The standard InChI is InChI=1S/C8H11N3O2/c1-2-6-10-8(13-11-6)5-3-7(12)9-4-5/h5H,2-4H2,1H3,(H,9,12)/t5-/m1/s1. The van der Waals surface area contributed by atoms with E-state index in [1.54, 1.807) is 0 Å². The average Bonchev–Trinajstić information content (AvgIpc) is 2.71. The molecule has 2 rings (SSSR count). The fourth-order valence-electron chi connectivity index (χ4n) is 1.36. The zero-order valence-corrected chi connectivity index (χ0v) is 7.41. The summed E-state index contributed by atoms with van der Waals surface area (Å²) >= 11 is 0. The van der Waals surface area contributed by atoms with Crippen LogP contribution in [0.15, 0.2) is 4.52 Å². The van der Waals surface area contributed by atoms with Crippen LogP contribution < -0.4 is 5.32 Å². The lowest BCUT2D eigenvalue weighted by Crippen LogP contribution is -2.13. The van der Waals surface area contributed by atoms with Crippen molar-refractivity contribution in [3.05, 3.63) is 11.7 Å². The van der Waals surface area contributed by atoms with Crippen molar-refractivity contribution in [2.24, 2.45) is 0 Å². The predicted octanol–water partition coefficient (Wildman–Crippen LogP) is 0.236. The number of amides is 1. The molecule has 1 aliphatic rings. The van der Waals surface area contributed by atoms with Gasteiger partial charge in [-0.3, -0.25) is 4.79 Å². The molecule has 1 aromatic heterocycles. The van der Waals surface area contributed by atoms with Crippen molar-refractivity contribution in [1.29, 1.82) is 0 Å². The number of nitrogens with one attached hydrogen (secondary N) is 1. The van der Waals surface area contributed by atoms with Gasteiger partial charge in [0.2, 0.25) is 11.8 Å². The van der Waals surface area contributed by atoms with Crippen LogP contribution in [0.2, 0.25) is 0 Å². The Balaban J connectivity index is 2.12. The van der Waals surface area contributed by atoms with Gasteiger partial charge < -0.3 is 9.84 Å². The zero-order chi connectivity index (χ0) is 9.26. The molecule has 2 heterocycles. The summed E-state index contributed by atoms with van der Waals surface area (Å²) in [5.41, 5.74) is 0. The zero-order valence-electron chi connectivity index (χ0n) is 7.41. The van der Waals surface area contributed by atoms with Crippen molar-refractivity contribution in [2.75, 3.05) is 6.54 Å². The molecule has 13 heavy (non-hydrogen) atoms. The molecule has 0 aromatic carbocycles. The fraction of sp³-hybridized carbons (Fsp3) is 0.625. The van der Waals surface area contributed by atoms with E-state index in [4.69, 9.17) is 4.52 Å². The summed E-state index contributed by atoms with van der Waals surface area (Å²) in [6.45, 7) is 2.58. The maximum absolute atomic E-state index is 10.9. The van der Waals surface area contributed by atoms with Crippen molar-refractivity contribution in [1.82, 2.24) is 15.5 Å². The van der Waals surface area contributed by atoms with Crippen molar-refractivity contribution < 1.29 is 9.32 Å². The molecule has 1 aromatic rings. The number of hydrogen-bond acceptors (Lipinski definition) is 4. The summed E-state index contributed by atoms with van der Waals surface area (Å²) in [6, 6.07) is 0. The first-order valence-electron chi connectivity index (χ1n) is 4.38. The quantitative estimate of drug-likeness (QED) is 0.709. The van der Waals surface area contributed by atoms with Gasteiger partial charge in [0.15, 0.2) is 5.82 Å². The van der Waals surface area contributed by atoms with Crippen molar-refractivity contribution in [3.8, 4) is 0 Å². The summed E-state index contributed by atoms with van der Waals surface area (Å²) in [6.07, 6.45) is 1.23. The van der Waals surface area contributed by atoms with Crippen LogP contribution in [0.3, 0.4) is 0 Å². The third kappa shape index (κ3) is 1.54. The maximum atomic E-state index is 10.9. The highest BCUT2D eigenvalue weighted by Gasteiger charge is 2.27. The SMILES string of the molecule is CCc1noc([C@H]2CNC(=O)C2)n1. The van der Waals surface area contributed by atoms with Gasteiger partial charge >= 0.3 is 0 Å². The molecule has 5 nitrogen and oxygen atoms in total. The van der Waals surface area contributed by atoms with Crippen LogP contribution in [0, 0.1) is 0 Å². The van der Waals surface area contributed by atoms with E-state index in [2.05, 4.69) is 15.5 Å². The number of aryl methyl sites for hydroxylation is 1. The van der Waals surface area contributed by atoms with E-state index in [0.29, 0.717) is 24.7 Å². The molecule has 0 radical (unpaired) electrons. The van der Waals surface area contributed by atoms with E-state index in [0.717, 1.165) is 6.42 Å². The topological polar surface area (TPSA) is 68.0 Å². The van der Waals surface area contributed by atoms with Crippen molar-refractivity contribution >= 4 is 5.91 Å².